The third-order valence-electron chi connectivity index (χ3n) is 5.36. The minimum atomic E-state index is -1.57. The standard InChI is InChI=1S/C30H46O15/c31-27(29(33)34)6-7-28(32)44-24-22-42-20-18-40-16-14-38-12-10-36-8-9-37-11-13-39-15-17-41-19-21-43-23-25-45-30(35)26-4-2-1-3-5-26/h1-5H,6-25H2,(H,33,34). The van der Waals surface area contributed by atoms with Gasteiger partial charge in [-0.25, -0.2) is 9.59 Å². The van der Waals surface area contributed by atoms with E-state index in [2.05, 4.69) is 0 Å². The molecule has 0 saturated heterocycles. The Kier molecular flexibility index (Phi) is 26.4. The largest absolute Gasteiger partial charge is 0.476 e. The highest BCUT2D eigenvalue weighted by molar-refractivity contribution is 6.32. The maximum atomic E-state index is 11.8. The Morgan fingerprint density at radius 1 is 0.444 bits per heavy atom. The summed E-state index contributed by atoms with van der Waals surface area (Å²) in [6.45, 7) is 6.51. The number of esters is 2. The highest BCUT2D eigenvalue weighted by Crippen LogP contribution is 2.00. The van der Waals surface area contributed by atoms with E-state index in [0.29, 0.717) is 105 Å². The van der Waals surface area contributed by atoms with Crippen molar-refractivity contribution in [3.63, 3.8) is 0 Å². The minimum absolute atomic E-state index is 0.00944. The number of carboxylic acid groups (broad SMARTS) is 1. The normalized spacial score (nSPS) is 10.9. The summed E-state index contributed by atoms with van der Waals surface area (Å²) in [7, 11) is 0. The molecule has 15 heteroatoms. The van der Waals surface area contributed by atoms with E-state index in [1.54, 1.807) is 24.3 Å². The van der Waals surface area contributed by atoms with Gasteiger partial charge < -0.3 is 52.5 Å². The Hall–Kier alpha value is -3.02. The molecule has 0 fully saturated rings. The number of benzene rings is 1. The first-order chi connectivity index (χ1) is 22.0. The first-order valence-electron chi connectivity index (χ1n) is 14.8. The molecule has 15 nitrogen and oxygen atoms in total. The first kappa shape index (κ1) is 40.0. The van der Waals surface area contributed by atoms with Crippen LogP contribution in [0, 0.1) is 0 Å². The predicted octanol–water partition coefficient (Wildman–Crippen LogP) is 0.953. The van der Waals surface area contributed by atoms with Crippen molar-refractivity contribution in [1.82, 2.24) is 0 Å². The third kappa shape index (κ3) is 26.0. The van der Waals surface area contributed by atoms with Gasteiger partial charge in [0, 0.05) is 6.42 Å². The number of hydrogen-bond acceptors (Lipinski definition) is 14. The molecule has 1 rings (SSSR count). The van der Waals surface area contributed by atoms with Crippen LogP contribution in [0.1, 0.15) is 23.2 Å². The molecular formula is C30H46O15. The van der Waals surface area contributed by atoms with Gasteiger partial charge in [-0.2, -0.15) is 0 Å². The molecule has 1 aromatic rings. The highest BCUT2D eigenvalue weighted by Gasteiger charge is 2.14. The molecule has 0 bridgehead atoms. The Morgan fingerprint density at radius 3 is 1.13 bits per heavy atom. The molecule has 0 aliphatic heterocycles. The molecule has 0 saturated carbocycles. The van der Waals surface area contributed by atoms with Crippen LogP contribution >= 0.6 is 0 Å². The second-order valence-corrected chi connectivity index (χ2v) is 8.85. The van der Waals surface area contributed by atoms with Crippen LogP contribution in [0.5, 0.6) is 0 Å². The molecule has 0 heterocycles. The van der Waals surface area contributed by atoms with Crippen LogP contribution in [0.4, 0.5) is 0 Å². The maximum absolute atomic E-state index is 11.8. The van der Waals surface area contributed by atoms with Crippen molar-refractivity contribution in [2.24, 2.45) is 0 Å². The van der Waals surface area contributed by atoms with Gasteiger partial charge in [0.25, 0.3) is 0 Å². The third-order valence-corrected chi connectivity index (χ3v) is 5.36. The summed E-state index contributed by atoms with van der Waals surface area (Å²) in [4.78, 5) is 44.4. The monoisotopic (exact) mass is 646 g/mol. The average molecular weight is 647 g/mol. The Morgan fingerprint density at radius 2 is 0.778 bits per heavy atom. The number of hydrogen-bond donors (Lipinski definition) is 1. The zero-order chi connectivity index (χ0) is 32.6. The van der Waals surface area contributed by atoms with Gasteiger partial charge in [-0.15, -0.1) is 0 Å². The number of carboxylic acids is 1. The van der Waals surface area contributed by atoms with Crippen LogP contribution in [-0.4, -0.2) is 148 Å². The summed E-state index contributed by atoms with van der Waals surface area (Å²) in [6, 6.07) is 8.79. The van der Waals surface area contributed by atoms with Crippen molar-refractivity contribution in [2.75, 3.05) is 119 Å². The highest BCUT2D eigenvalue weighted by atomic mass is 16.6. The lowest BCUT2D eigenvalue weighted by molar-refractivity contribution is -0.151. The number of rotatable bonds is 32. The number of Topliss-reactive ketones (excluding diaryl/α,β-unsaturated/α-hetero) is 1. The van der Waals surface area contributed by atoms with Gasteiger partial charge in [0.05, 0.1) is 118 Å². The molecule has 1 aromatic carbocycles. The van der Waals surface area contributed by atoms with Crippen molar-refractivity contribution >= 4 is 23.7 Å². The summed E-state index contributed by atoms with van der Waals surface area (Å²) in [5.41, 5.74) is 0.512. The lowest BCUT2D eigenvalue weighted by Gasteiger charge is -2.09. The molecule has 0 unspecified atom stereocenters. The van der Waals surface area contributed by atoms with E-state index >= 15 is 0 Å². The van der Waals surface area contributed by atoms with Gasteiger partial charge in [0.2, 0.25) is 5.78 Å². The molecule has 0 radical (unpaired) electrons. The second-order valence-electron chi connectivity index (χ2n) is 8.85. The van der Waals surface area contributed by atoms with Crippen molar-refractivity contribution < 1.29 is 71.7 Å². The van der Waals surface area contributed by atoms with E-state index in [4.69, 9.17) is 52.5 Å². The molecule has 0 aromatic heterocycles. The van der Waals surface area contributed by atoms with Crippen molar-refractivity contribution in [1.29, 1.82) is 0 Å². The van der Waals surface area contributed by atoms with Crippen LogP contribution in [0.15, 0.2) is 30.3 Å². The van der Waals surface area contributed by atoms with Gasteiger partial charge in [-0.3, -0.25) is 9.59 Å². The molecular weight excluding hydrogens is 600 g/mol. The molecule has 1 N–H and O–H groups in total. The quantitative estimate of drug-likeness (QED) is 0.0663. The van der Waals surface area contributed by atoms with Crippen LogP contribution < -0.4 is 0 Å². The molecule has 256 valence electrons. The van der Waals surface area contributed by atoms with Crippen molar-refractivity contribution in [3.05, 3.63) is 35.9 Å². The van der Waals surface area contributed by atoms with E-state index in [1.165, 1.54) is 0 Å². The molecule has 0 atom stereocenters. The fourth-order valence-electron chi connectivity index (χ4n) is 3.10. The fourth-order valence-corrected chi connectivity index (χ4v) is 3.10. The van der Waals surface area contributed by atoms with E-state index in [9.17, 15) is 19.2 Å². The van der Waals surface area contributed by atoms with Crippen molar-refractivity contribution in [3.8, 4) is 0 Å². The van der Waals surface area contributed by atoms with E-state index in [-0.39, 0.29) is 38.6 Å². The number of ether oxygens (including phenoxy) is 10. The van der Waals surface area contributed by atoms with Crippen LogP contribution in [0.25, 0.3) is 0 Å². The topological polar surface area (TPSA) is 181 Å². The predicted molar refractivity (Wildman–Crippen MR) is 156 cm³/mol. The average Bonchev–Trinajstić information content (AvgIpc) is 3.05. The zero-order valence-corrected chi connectivity index (χ0v) is 25.7. The van der Waals surface area contributed by atoms with E-state index < -0.39 is 17.7 Å². The Balaban J connectivity index is 1.68. The van der Waals surface area contributed by atoms with E-state index in [1.807, 2.05) is 6.07 Å². The number of carbonyl (C=O) groups excluding carboxylic acids is 3. The molecule has 0 aliphatic carbocycles. The lowest BCUT2D eigenvalue weighted by atomic mass is 10.2. The van der Waals surface area contributed by atoms with Gasteiger partial charge in [-0.1, -0.05) is 18.2 Å². The zero-order valence-electron chi connectivity index (χ0n) is 25.7. The fraction of sp³-hybridized carbons (Fsp3) is 0.667. The Bertz CT molecular complexity index is 897. The van der Waals surface area contributed by atoms with Crippen LogP contribution in [-0.2, 0) is 61.8 Å². The van der Waals surface area contributed by atoms with Gasteiger partial charge in [-0.05, 0) is 12.1 Å². The van der Waals surface area contributed by atoms with Crippen LogP contribution in [0.2, 0.25) is 0 Å². The minimum Gasteiger partial charge on any atom is -0.476 e. The summed E-state index contributed by atoms with van der Waals surface area (Å²) in [6.07, 6.45) is -0.667. The maximum Gasteiger partial charge on any atom is 0.372 e. The second kappa shape index (κ2) is 29.7. The molecule has 0 amide bonds. The molecule has 0 spiro atoms. The smallest absolute Gasteiger partial charge is 0.372 e. The number of ketones is 1. The summed E-state index contributed by atoms with van der Waals surface area (Å²) >= 11 is 0. The first-order valence-corrected chi connectivity index (χ1v) is 14.8. The SMILES string of the molecule is O=C(CCC(=O)C(=O)O)OCCOCCOCCOCCOCCOCCOCCOCCOCCOC(=O)c1ccccc1. The number of aliphatic carboxylic acids is 1. The lowest BCUT2D eigenvalue weighted by Crippen LogP contribution is -2.17. The molecule has 45 heavy (non-hydrogen) atoms. The van der Waals surface area contributed by atoms with Gasteiger partial charge >= 0.3 is 17.9 Å². The number of carbonyl (C=O) groups is 4. The van der Waals surface area contributed by atoms with Crippen LogP contribution in [0.3, 0.4) is 0 Å². The van der Waals surface area contributed by atoms with Gasteiger partial charge in [0.15, 0.2) is 0 Å². The summed E-state index contributed by atoms with van der Waals surface area (Å²) in [5, 5.41) is 8.43. The van der Waals surface area contributed by atoms with Gasteiger partial charge in [0.1, 0.15) is 13.2 Å². The Labute approximate surface area is 263 Å². The summed E-state index contributed by atoms with van der Waals surface area (Å²) < 4.78 is 53.0. The summed E-state index contributed by atoms with van der Waals surface area (Å²) in [5.74, 6) is -3.62. The molecule has 0 aliphatic rings. The van der Waals surface area contributed by atoms with Crippen molar-refractivity contribution in [2.45, 2.75) is 12.8 Å². The van der Waals surface area contributed by atoms with E-state index in [0.717, 1.165) is 0 Å².